The van der Waals surface area contributed by atoms with E-state index in [9.17, 15) is 9.59 Å². The number of piperazine rings is 1. The van der Waals surface area contributed by atoms with Crippen molar-refractivity contribution >= 4 is 23.2 Å². The summed E-state index contributed by atoms with van der Waals surface area (Å²) in [6.45, 7) is 9.54. The van der Waals surface area contributed by atoms with Crippen molar-refractivity contribution in [3.8, 4) is 0 Å². The molecule has 1 aromatic heterocycles. The van der Waals surface area contributed by atoms with Gasteiger partial charge in [-0.25, -0.2) is 0 Å². The fourth-order valence-electron chi connectivity index (χ4n) is 3.68. The van der Waals surface area contributed by atoms with Crippen LogP contribution in [0.5, 0.6) is 0 Å². The first kappa shape index (κ1) is 18.4. The van der Waals surface area contributed by atoms with E-state index < -0.39 is 0 Å². The summed E-state index contributed by atoms with van der Waals surface area (Å²) in [6, 6.07) is 2.05. The normalized spacial score (nSPS) is 19.3. The lowest BCUT2D eigenvalue weighted by Gasteiger charge is -2.35. The summed E-state index contributed by atoms with van der Waals surface area (Å²) in [5.74, 6) is 0.399. The molecule has 0 aliphatic carbocycles. The minimum atomic E-state index is 0.148. The molecule has 5 nitrogen and oxygen atoms in total. The molecule has 2 fully saturated rings. The van der Waals surface area contributed by atoms with E-state index in [1.807, 2.05) is 9.80 Å². The van der Waals surface area contributed by atoms with Gasteiger partial charge in [0.15, 0.2) is 0 Å². The number of rotatable bonds is 4. The molecule has 0 saturated carbocycles. The van der Waals surface area contributed by atoms with E-state index in [4.69, 9.17) is 0 Å². The van der Waals surface area contributed by atoms with Gasteiger partial charge in [0.25, 0.3) is 5.91 Å². The van der Waals surface area contributed by atoms with Crippen LogP contribution in [-0.2, 0) is 11.2 Å². The predicted octanol–water partition coefficient (Wildman–Crippen LogP) is 2.39. The average molecular weight is 364 g/mol. The molecule has 0 unspecified atom stereocenters. The third kappa shape index (κ3) is 4.42. The highest BCUT2D eigenvalue weighted by atomic mass is 32.1. The summed E-state index contributed by atoms with van der Waals surface area (Å²) in [5, 5.41) is 0. The minimum absolute atomic E-state index is 0.148. The van der Waals surface area contributed by atoms with Gasteiger partial charge in [0.1, 0.15) is 0 Å². The van der Waals surface area contributed by atoms with Gasteiger partial charge in [0, 0.05) is 44.1 Å². The Morgan fingerprint density at radius 1 is 1.00 bits per heavy atom. The van der Waals surface area contributed by atoms with Crippen LogP contribution in [0.1, 0.15) is 46.3 Å². The molecule has 3 rings (SSSR count). The zero-order valence-corrected chi connectivity index (χ0v) is 16.2. The fraction of sp³-hybridized carbons (Fsp3) is 0.684. The van der Waals surface area contributed by atoms with E-state index in [0.29, 0.717) is 19.6 Å². The molecule has 6 heteroatoms. The topological polar surface area (TPSA) is 43.9 Å². The van der Waals surface area contributed by atoms with Crippen molar-refractivity contribution in [3.05, 3.63) is 21.4 Å². The molecule has 1 aromatic rings. The van der Waals surface area contributed by atoms with E-state index in [0.717, 1.165) is 50.3 Å². The molecule has 25 heavy (non-hydrogen) atoms. The van der Waals surface area contributed by atoms with Gasteiger partial charge in [-0.05, 0) is 44.2 Å². The molecule has 0 aromatic carbocycles. The quantitative estimate of drug-likeness (QED) is 0.825. The molecule has 0 radical (unpaired) electrons. The Kier molecular flexibility index (Phi) is 6.12. The lowest BCUT2D eigenvalue weighted by Crippen LogP contribution is -2.51. The number of nitrogens with zero attached hydrogens (tertiary/aromatic N) is 3. The van der Waals surface area contributed by atoms with E-state index in [1.165, 1.54) is 16.9 Å². The molecule has 2 aliphatic heterocycles. The van der Waals surface area contributed by atoms with Crippen LogP contribution in [0, 0.1) is 6.92 Å². The lowest BCUT2D eigenvalue weighted by atomic mass is 10.1. The second-order valence-corrected chi connectivity index (χ2v) is 8.31. The Balaban J connectivity index is 1.49. The second kappa shape index (κ2) is 8.32. The van der Waals surface area contributed by atoms with E-state index in [-0.39, 0.29) is 11.8 Å². The van der Waals surface area contributed by atoms with Crippen molar-refractivity contribution in [1.82, 2.24) is 14.7 Å². The molecule has 138 valence electrons. The van der Waals surface area contributed by atoms with Crippen LogP contribution >= 0.6 is 11.3 Å². The first-order valence-corrected chi connectivity index (χ1v) is 10.3. The number of carbonyl (C=O) groups excluding carboxylic acids is 2. The molecule has 0 bridgehead atoms. The number of hydrogen-bond donors (Lipinski definition) is 0. The van der Waals surface area contributed by atoms with Crippen molar-refractivity contribution in [2.75, 3.05) is 45.8 Å². The van der Waals surface area contributed by atoms with Crippen molar-refractivity contribution in [2.45, 2.75) is 39.5 Å². The minimum Gasteiger partial charge on any atom is -0.342 e. The largest absolute Gasteiger partial charge is 0.342 e. The maximum Gasteiger partial charge on any atom is 0.264 e. The van der Waals surface area contributed by atoms with Crippen LogP contribution in [-0.4, -0.2) is 72.3 Å². The number of hydrogen-bond acceptors (Lipinski definition) is 4. The maximum atomic E-state index is 12.7. The zero-order valence-electron chi connectivity index (χ0n) is 15.4. The Morgan fingerprint density at radius 2 is 1.68 bits per heavy atom. The van der Waals surface area contributed by atoms with Crippen molar-refractivity contribution in [2.24, 2.45) is 0 Å². The van der Waals surface area contributed by atoms with Gasteiger partial charge in [0.2, 0.25) is 5.91 Å². The standard InChI is InChI=1S/C19H29N3O2S/c1-3-16-13-17(25-15(16)2)19(24)22-11-9-20(10-12-22)14-18(23)21-7-5-4-6-8-21/h13H,3-12,14H2,1-2H3. The van der Waals surface area contributed by atoms with Gasteiger partial charge in [-0.15, -0.1) is 11.3 Å². The predicted molar refractivity (Wildman–Crippen MR) is 101 cm³/mol. The molecule has 2 amide bonds. The first-order chi connectivity index (χ1) is 12.1. The molecule has 0 N–H and O–H groups in total. The molecular formula is C19H29N3O2S. The highest BCUT2D eigenvalue weighted by Crippen LogP contribution is 2.24. The Morgan fingerprint density at radius 3 is 2.28 bits per heavy atom. The number of likely N-dealkylation sites (tertiary alicyclic amines) is 1. The van der Waals surface area contributed by atoms with Crippen LogP contribution in [0.4, 0.5) is 0 Å². The van der Waals surface area contributed by atoms with Crippen LogP contribution in [0.25, 0.3) is 0 Å². The van der Waals surface area contributed by atoms with Gasteiger partial charge in [-0.3, -0.25) is 14.5 Å². The van der Waals surface area contributed by atoms with Crippen LogP contribution in [0.2, 0.25) is 0 Å². The molecular weight excluding hydrogens is 334 g/mol. The zero-order chi connectivity index (χ0) is 17.8. The fourth-order valence-corrected chi connectivity index (χ4v) is 4.76. The number of amides is 2. The molecule has 2 saturated heterocycles. The summed E-state index contributed by atoms with van der Waals surface area (Å²) < 4.78 is 0. The molecule has 0 spiro atoms. The van der Waals surface area contributed by atoms with Crippen LogP contribution < -0.4 is 0 Å². The third-order valence-corrected chi connectivity index (χ3v) is 6.42. The smallest absolute Gasteiger partial charge is 0.264 e. The number of thiophene rings is 1. The van der Waals surface area contributed by atoms with Gasteiger partial charge < -0.3 is 9.80 Å². The second-order valence-electron chi connectivity index (χ2n) is 7.06. The molecule has 3 heterocycles. The number of carbonyl (C=O) groups is 2. The third-order valence-electron chi connectivity index (χ3n) is 5.34. The van der Waals surface area contributed by atoms with Crippen molar-refractivity contribution < 1.29 is 9.59 Å². The molecule has 0 atom stereocenters. The van der Waals surface area contributed by atoms with Crippen LogP contribution in [0.15, 0.2) is 6.07 Å². The Bertz CT molecular complexity index is 614. The summed E-state index contributed by atoms with van der Waals surface area (Å²) >= 11 is 1.61. The highest BCUT2D eigenvalue weighted by Gasteiger charge is 2.26. The van der Waals surface area contributed by atoms with E-state index in [1.54, 1.807) is 11.3 Å². The van der Waals surface area contributed by atoms with Crippen LogP contribution in [0.3, 0.4) is 0 Å². The van der Waals surface area contributed by atoms with Crippen molar-refractivity contribution in [1.29, 1.82) is 0 Å². The lowest BCUT2D eigenvalue weighted by molar-refractivity contribution is -0.133. The summed E-state index contributed by atoms with van der Waals surface area (Å²) in [5.41, 5.74) is 1.28. The van der Waals surface area contributed by atoms with E-state index in [2.05, 4.69) is 24.8 Å². The Hall–Kier alpha value is -1.40. The van der Waals surface area contributed by atoms with Gasteiger partial charge in [0.05, 0.1) is 11.4 Å². The average Bonchev–Trinajstić information content (AvgIpc) is 3.03. The van der Waals surface area contributed by atoms with Gasteiger partial charge in [-0.2, -0.15) is 0 Å². The SMILES string of the molecule is CCc1cc(C(=O)N2CCN(CC(=O)N3CCCCC3)CC2)sc1C. The Labute approximate surface area is 154 Å². The van der Waals surface area contributed by atoms with Crippen molar-refractivity contribution in [3.63, 3.8) is 0 Å². The van der Waals surface area contributed by atoms with Gasteiger partial charge in [-0.1, -0.05) is 6.92 Å². The maximum absolute atomic E-state index is 12.7. The monoisotopic (exact) mass is 363 g/mol. The molecule has 2 aliphatic rings. The van der Waals surface area contributed by atoms with Gasteiger partial charge >= 0.3 is 0 Å². The van der Waals surface area contributed by atoms with E-state index >= 15 is 0 Å². The number of piperidine rings is 1. The summed E-state index contributed by atoms with van der Waals surface area (Å²) in [6.07, 6.45) is 4.48. The number of aryl methyl sites for hydroxylation is 2. The summed E-state index contributed by atoms with van der Waals surface area (Å²) in [7, 11) is 0. The highest BCUT2D eigenvalue weighted by molar-refractivity contribution is 7.14. The summed E-state index contributed by atoms with van der Waals surface area (Å²) in [4.78, 5) is 33.3. The first-order valence-electron chi connectivity index (χ1n) is 9.47.